The lowest BCUT2D eigenvalue weighted by atomic mass is 9.98. The number of para-hydroxylation sites is 1. The normalized spacial score (nSPS) is 17.2. The smallest absolute Gasteiger partial charge is 0.442 e. The van der Waals surface area contributed by atoms with Gasteiger partial charge in [-0.2, -0.15) is 5.10 Å². The van der Waals surface area contributed by atoms with Crippen LogP contribution in [-0.2, 0) is 22.4 Å². The summed E-state index contributed by atoms with van der Waals surface area (Å²) in [5.41, 5.74) is 4.62. The third kappa shape index (κ3) is 4.73. The van der Waals surface area contributed by atoms with Crippen molar-refractivity contribution in [3.05, 3.63) is 53.6 Å². The number of halogens is 3. The summed E-state index contributed by atoms with van der Waals surface area (Å²) in [7, 11) is 0. The molecule has 5 rings (SSSR count). The third-order valence-corrected chi connectivity index (χ3v) is 6.24. The number of hydrogen-bond donors (Lipinski definition) is 2. The van der Waals surface area contributed by atoms with Crippen molar-refractivity contribution < 1.29 is 32.2 Å². The van der Waals surface area contributed by atoms with Crippen LogP contribution in [-0.4, -0.2) is 47.8 Å². The summed E-state index contributed by atoms with van der Waals surface area (Å²) in [6.07, 6.45) is -3.67. The van der Waals surface area contributed by atoms with Crippen LogP contribution in [0, 0.1) is 0 Å². The van der Waals surface area contributed by atoms with Gasteiger partial charge in [-0.05, 0) is 49.1 Å². The molecule has 1 saturated heterocycles. The van der Waals surface area contributed by atoms with Crippen LogP contribution in [0.1, 0.15) is 24.5 Å². The van der Waals surface area contributed by atoms with E-state index in [1.807, 2.05) is 18.2 Å². The molecular formula is C25H23F3N4O4. The van der Waals surface area contributed by atoms with Crippen LogP contribution in [0.25, 0.3) is 22.5 Å². The molecule has 0 spiro atoms. The fraction of sp³-hybridized carbons (Fsp3) is 0.320. The molecule has 1 atom stereocenters. The predicted octanol–water partition coefficient (Wildman–Crippen LogP) is 4.59. The Hall–Kier alpha value is -4.02. The summed E-state index contributed by atoms with van der Waals surface area (Å²) in [6.45, 7) is 1.89. The quantitative estimate of drug-likeness (QED) is 0.534. The molecule has 1 aromatic heterocycles. The van der Waals surface area contributed by atoms with E-state index in [-0.39, 0.29) is 30.3 Å². The van der Waals surface area contributed by atoms with Crippen molar-refractivity contribution in [1.29, 1.82) is 0 Å². The Labute approximate surface area is 204 Å². The van der Waals surface area contributed by atoms with Crippen LogP contribution in [0.15, 0.2) is 42.5 Å². The molecule has 0 unspecified atom stereocenters. The Bertz CT molecular complexity index is 1320. The largest absolute Gasteiger partial charge is 0.573 e. The SMILES string of the molecule is CC(=O)NC[C@H]1CN(c2ccc3c(c2)-c2[nH]nc(-c4ccccc4OC(F)(F)F)c2CCC3)C(=O)O1. The van der Waals surface area contributed by atoms with E-state index >= 15 is 0 Å². The second-order valence-electron chi connectivity index (χ2n) is 8.72. The Morgan fingerprint density at radius 1 is 1.22 bits per heavy atom. The van der Waals surface area contributed by atoms with Crippen LogP contribution >= 0.6 is 0 Å². The number of rotatable bonds is 5. The highest BCUT2D eigenvalue weighted by atomic mass is 19.4. The number of aromatic amines is 1. The van der Waals surface area contributed by atoms with Crippen LogP contribution < -0.4 is 15.0 Å². The van der Waals surface area contributed by atoms with Gasteiger partial charge in [0, 0.05) is 29.3 Å². The molecule has 11 heteroatoms. The highest BCUT2D eigenvalue weighted by Gasteiger charge is 2.34. The molecule has 188 valence electrons. The van der Waals surface area contributed by atoms with Gasteiger partial charge in [-0.25, -0.2) is 4.79 Å². The molecule has 0 radical (unpaired) electrons. The minimum Gasteiger partial charge on any atom is -0.442 e. The first-order valence-electron chi connectivity index (χ1n) is 11.5. The first kappa shape index (κ1) is 23.7. The van der Waals surface area contributed by atoms with Crippen LogP contribution in [0.3, 0.4) is 0 Å². The molecule has 2 aromatic carbocycles. The maximum absolute atomic E-state index is 13.0. The minimum absolute atomic E-state index is 0.209. The lowest BCUT2D eigenvalue weighted by molar-refractivity contribution is -0.274. The zero-order chi connectivity index (χ0) is 25.4. The molecule has 2 aliphatic rings. The number of amides is 2. The van der Waals surface area contributed by atoms with Gasteiger partial charge in [0.2, 0.25) is 5.91 Å². The van der Waals surface area contributed by atoms with Crippen molar-refractivity contribution in [2.75, 3.05) is 18.0 Å². The molecular weight excluding hydrogens is 477 g/mol. The number of cyclic esters (lactones) is 1. The van der Waals surface area contributed by atoms with E-state index in [0.717, 1.165) is 29.5 Å². The molecule has 0 saturated carbocycles. The number of ether oxygens (including phenoxy) is 2. The second kappa shape index (κ2) is 9.21. The maximum Gasteiger partial charge on any atom is 0.573 e. The Balaban J connectivity index is 1.49. The Morgan fingerprint density at radius 3 is 2.81 bits per heavy atom. The van der Waals surface area contributed by atoms with Crippen molar-refractivity contribution >= 4 is 17.7 Å². The number of benzene rings is 2. The summed E-state index contributed by atoms with van der Waals surface area (Å²) in [6, 6.07) is 11.6. The maximum atomic E-state index is 13.0. The Morgan fingerprint density at radius 2 is 2.03 bits per heavy atom. The second-order valence-corrected chi connectivity index (χ2v) is 8.72. The average molecular weight is 500 g/mol. The van der Waals surface area contributed by atoms with Crippen molar-refractivity contribution in [1.82, 2.24) is 15.5 Å². The summed E-state index contributed by atoms with van der Waals surface area (Å²) < 4.78 is 48.6. The molecule has 1 fully saturated rings. The summed E-state index contributed by atoms with van der Waals surface area (Å²) >= 11 is 0. The van der Waals surface area contributed by atoms with E-state index in [4.69, 9.17) is 4.74 Å². The molecule has 1 aliphatic carbocycles. The fourth-order valence-electron chi connectivity index (χ4n) is 4.67. The molecule has 1 aliphatic heterocycles. The van der Waals surface area contributed by atoms with Gasteiger partial charge in [-0.15, -0.1) is 13.2 Å². The van der Waals surface area contributed by atoms with E-state index in [1.165, 1.54) is 24.0 Å². The van der Waals surface area contributed by atoms with E-state index in [1.54, 1.807) is 12.1 Å². The number of carbonyl (C=O) groups is 2. The topological polar surface area (TPSA) is 96.5 Å². The van der Waals surface area contributed by atoms with Gasteiger partial charge in [0.25, 0.3) is 0 Å². The monoisotopic (exact) mass is 500 g/mol. The number of nitrogens with one attached hydrogen (secondary N) is 2. The van der Waals surface area contributed by atoms with Crippen molar-refractivity contribution in [3.8, 4) is 28.3 Å². The molecule has 2 N–H and O–H groups in total. The van der Waals surface area contributed by atoms with Gasteiger partial charge in [-0.1, -0.05) is 18.2 Å². The molecule has 3 aromatic rings. The first-order chi connectivity index (χ1) is 17.2. The molecule has 2 amide bonds. The van der Waals surface area contributed by atoms with Crippen molar-refractivity contribution in [3.63, 3.8) is 0 Å². The van der Waals surface area contributed by atoms with E-state index in [2.05, 4.69) is 20.3 Å². The average Bonchev–Trinajstić information content (AvgIpc) is 3.35. The lowest BCUT2D eigenvalue weighted by Gasteiger charge is -2.16. The zero-order valence-corrected chi connectivity index (χ0v) is 19.3. The van der Waals surface area contributed by atoms with Gasteiger partial charge in [0.05, 0.1) is 24.5 Å². The molecule has 2 heterocycles. The molecule has 8 nitrogen and oxygen atoms in total. The van der Waals surface area contributed by atoms with Crippen LogP contribution in [0.4, 0.5) is 23.7 Å². The summed E-state index contributed by atoms with van der Waals surface area (Å²) in [5.74, 6) is -0.526. The number of hydrogen-bond acceptors (Lipinski definition) is 5. The Kier molecular flexibility index (Phi) is 6.07. The van der Waals surface area contributed by atoms with Gasteiger partial charge in [-0.3, -0.25) is 14.8 Å². The van der Waals surface area contributed by atoms with Crippen molar-refractivity contribution in [2.45, 2.75) is 38.7 Å². The standard InChI is InChI=1S/C25H23F3N4O4/c1-14(33)29-12-17-13-32(24(34)35-17)16-10-9-15-5-4-7-19-22(30-31-23(19)20(15)11-16)18-6-2-3-8-21(18)36-25(26,27)28/h2-3,6,8-11,17H,4-5,7,12-13H2,1H3,(H,29,33)(H,30,31)/t17-/m0/s1. The van der Waals surface area contributed by atoms with Gasteiger partial charge < -0.3 is 14.8 Å². The number of aromatic nitrogens is 2. The number of aryl methyl sites for hydroxylation is 1. The van der Waals surface area contributed by atoms with Gasteiger partial charge in [0.1, 0.15) is 11.9 Å². The number of H-pyrrole nitrogens is 1. The zero-order valence-electron chi connectivity index (χ0n) is 19.3. The highest BCUT2D eigenvalue weighted by Crippen LogP contribution is 2.41. The van der Waals surface area contributed by atoms with Crippen LogP contribution in [0.5, 0.6) is 5.75 Å². The predicted molar refractivity (Wildman–Crippen MR) is 124 cm³/mol. The number of anilines is 1. The number of nitrogens with zero attached hydrogens (tertiary/aromatic N) is 2. The minimum atomic E-state index is -4.83. The van der Waals surface area contributed by atoms with E-state index in [9.17, 15) is 22.8 Å². The summed E-state index contributed by atoms with van der Waals surface area (Å²) in [5, 5.41) is 10.0. The summed E-state index contributed by atoms with van der Waals surface area (Å²) in [4.78, 5) is 25.2. The fourth-order valence-corrected chi connectivity index (χ4v) is 4.67. The molecule has 0 bridgehead atoms. The highest BCUT2D eigenvalue weighted by molar-refractivity contribution is 5.91. The lowest BCUT2D eigenvalue weighted by Crippen LogP contribution is -2.33. The van der Waals surface area contributed by atoms with Gasteiger partial charge in [0.15, 0.2) is 0 Å². The van der Waals surface area contributed by atoms with Gasteiger partial charge >= 0.3 is 12.5 Å². The molecule has 36 heavy (non-hydrogen) atoms. The van der Waals surface area contributed by atoms with E-state index < -0.39 is 18.6 Å². The van der Waals surface area contributed by atoms with Crippen LogP contribution in [0.2, 0.25) is 0 Å². The third-order valence-electron chi connectivity index (χ3n) is 6.24. The first-order valence-corrected chi connectivity index (χ1v) is 11.5. The number of alkyl halides is 3. The number of carbonyl (C=O) groups excluding carboxylic acids is 2. The van der Waals surface area contributed by atoms with E-state index in [0.29, 0.717) is 23.5 Å². The van der Waals surface area contributed by atoms with Crippen molar-refractivity contribution in [2.24, 2.45) is 0 Å². The number of fused-ring (bicyclic) bond motifs is 3.